The fourth-order valence-corrected chi connectivity index (χ4v) is 3.81. The molecule has 3 N–H and O–H groups in total. The highest BCUT2D eigenvalue weighted by Crippen LogP contribution is 2.19. The summed E-state index contributed by atoms with van der Waals surface area (Å²) < 4.78 is 22.7. The predicted octanol–water partition coefficient (Wildman–Crippen LogP) is 0.764. The van der Waals surface area contributed by atoms with Crippen molar-refractivity contribution in [3.8, 4) is 0 Å². The van der Waals surface area contributed by atoms with Crippen LogP contribution in [0.15, 0.2) is 30.5 Å². The lowest BCUT2D eigenvalue weighted by Gasteiger charge is -2.20. The van der Waals surface area contributed by atoms with Gasteiger partial charge in [0.1, 0.15) is 15.9 Å². The van der Waals surface area contributed by atoms with Crippen molar-refractivity contribution in [2.75, 3.05) is 12.0 Å². The lowest BCUT2D eigenvalue weighted by atomic mass is 10.0. The van der Waals surface area contributed by atoms with Crippen LogP contribution in [-0.2, 0) is 25.8 Å². The van der Waals surface area contributed by atoms with E-state index in [-0.39, 0.29) is 11.7 Å². The quantitative estimate of drug-likeness (QED) is 0.673. The summed E-state index contributed by atoms with van der Waals surface area (Å²) in [6, 6.07) is 6.37. The predicted molar refractivity (Wildman–Crippen MR) is 96.9 cm³/mol. The number of aromatic nitrogens is 1. The molecule has 0 aliphatic carbocycles. The van der Waals surface area contributed by atoms with E-state index in [1.54, 1.807) is 6.92 Å². The van der Waals surface area contributed by atoms with Crippen molar-refractivity contribution in [3.05, 3.63) is 36.0 Å². The maximum atomic E-state index is 12.5. The van der Waals surface area contributed by atoms with Crippen molar-refractivity contribution in [3.63, 3.8) is 0 Å². The topological polar surface area (TPSA) is 108 Å². The first kappa shape index (κ1) is 19.0. The first-order valence-corrected chi connectivity index (χ1v) is 10.0. The van der Waals surface area contributed by atoms with Gasteiger partial charge in [0.15, 0.2) is 0 Å². The highest BCUT2D eigenvalue weighted by molar-refractivity contribution is 7.90. The molecule has 0 saturated carbocycles. The minimum atomic E-state index is -3.20. The Kier molecular flexibility index (Phi) is 5.84. The Morgan fingerprint density at radius 1 is 1.20 bits per heavy atom. The Morgan fingerprint density at radius 3 is 2.52 bits per heavy atom. The number of hydrogen-bond donors (Lipinski definition) is 3. The Morgan fingerprint density at radius 2 is 1.88 bits per heavy atom. The van der Waals surface area contributed by atoms with E-state index in [9.17, 15) is 18.0 Å². The van der Waals surface area contributed by atoms with Crippen molar-refractivity contribution in [2.24, 2.45) is 0 Å². The molecule has 2 atom stereocenters. The number of fused-ring (bicyclic) bond motifs is 1. The van der Waals surface area contributed by atoms with Gasteiger partial charge in [-0.3, -0.25) is 9.59 Å². The first-order valence-electron chi connectivity index (χ1n) is 7.96. The molecule has 0 fully saturated rings. The summed E-state index contributed by atoms with van der Waals surface area (Å²) >= 11 is 0. The van der Waals surface area contributed by atoms with E-state index in [1.807, 2.05) is 30.5 Å². The third kappa shape index (κ3) is 5.60. The number of carbonyl (C=O) groups is 2. The van der Waals surface area contributed by atoms with Crippen LogP contribution in [0.1, 0.15) is 19.4 Å². The molecule has 0 radical (unpaired) electrons. The van der Waals surface area contributed by atoms with E-state index in [2.05, 4.69) is 15.6 Å². The van der Waals surface area contributed by atoms with Crippen molar-refractivity contribution >= 4 is 32.6 Å². The van der Waals surface area contributed by atoms with Crippen LogP contribution in [0.3, 0.4) is 0 Å². The standard InChI is InChI=1S/C17H23N3O4S/c1-11(10-25(3,23)24)19-17(22)16(20-12(2)21)8-13-9-18-15-7-5-4-6-14(13)15/h4-7,9,11,16,18H,8,10H2,1-3H3,(H,19,22)(H,20,21). The summed E-state index contributed by atoms with van der Waals surface area (Å²) in [5.41, 5.74) is 1.85. The maximum absolute atomic E-state index is 12.5. The number of aromatic amines is 1. The third-order valence-corrected chi connectivity index (χ3v) is 4.84. The molecule has 2 unspecified atom stereocenters. The van der Waals surface area contributed by atoms with Crippen LogP contribution >= 0.6 is 0 Å². The number of carbonyl (C=O) groups excluding carboxylic acids is 2. The van der Waals surface area contributed by atoms with Gasteiger partial charge in [-0.1, -0.05) is 18.2 Å². The summed E-state index contributed by atoms with van der Waals surface area (Å²) in [6.45, 7) is 2.96. The smallest absolute Gasteiger partial charge is 0.243 e. The molecule has 1 aromatic heterocycles. The van der Waals surface area contributed by atoms with Crippen molar-refractivity contribution in [1.29, 1.82) is 0 Å². The van der Waals surface area contributed by atoms with Gasteiger partial charge in [0, 0.05) is 42.7 Å². The van der Waals surface area contributed by atoms with E-state index in [0.29, 0.717) is 6.42 Å². The summed E-state index contributed by atoms with van der Waals surface area (Å²) in [5.74, 6) is -0.883. The number of benzene rings is 1. The monoisotopic (exact) mass is 365 g/mol. The van der Waals surface area contributed by atoms with Gasteiger partial charge < -0.3 is 15.6 Å². The maximum Gasteiger partial charge on any atom is 0.243 e. The molecular formula is C17H23N3O4S. The molecular weight excluding hydrogens is 342 g/mol. The van der Waals surface area contributed by atoms with Crippen LogP contribution in [0.4, 0.5) is 0 Å². The molecule has 1 aromatic carbocycles. The van der Waals surface area contributed by atoms with Crippen molar-refractivity contribution in [2.45, 2.75) is 32.4 Å². The number of para-hydroxylation sites is 1. The Bertz CT molecular complexity index is 873. The number of hydrogen-bond acceptors (Lipinski definition) is 4. The zero-order valence-corrected chi connectivity index (χ0v) is 15.3. The molecule has 2 amide bonds. The lowest BCUT2D eigenvalue weighted by molar-refractivity contribution is -0.128. The van der Waals surface area contributed by atoms with Crippen molar-refractivity contribution in [1.82, 2.24) is 15.6 Å². The van der Waals surface area contributed by atoms with Gasteiger partial charge in [-0.2, -0.15) is 0 Å². The Labute approximate surface area is 147 Å². The van der Waals surface area contributed by atoms with Gasteiger partial charge in [0.05, 0.1) is 5.75 Å². The zero-order chi connectivity index (χ0) is 18.6. The highest BCUT2D eigenvalue weighted by Gasteiger charge is 2.23. The number of amides is 2. The molecule has 0 saturated heterocycles. The molecule has 2 rings (SSSR count). The SMILES string of the molecule is CC(=O)NC(Cc1c[nH]c2ccccc12)C(=O)NC(C)CS(C)(=O)=O. The summed E-state index contributed by atoms with van der Waals surface area (Å²) in [4.78, 5) is 27.1. The number of H-pyrrole nitrogens is 1. The average molecular weight is 365 g/mol. The second-order valence-electron chi connectivity index (χ2n) is 6.32. The first-order chi connectivity index (χ1) is 11.7. The van der Waals surface area contributed by atoms with Crippen LogP contribution in [0.25, 0.3) is 10.9 Å². The summed E-state index contributed by atoms with van der Waals surface area (Å²) in [6.07, 6.45) is 3.24. The number of sulfone groups is 1. The minimum absolute atomic E-state index is 0.154. The van der Waals surface area contributed by atoms with E-state index in [4.69, 9.17) is 0 Å². The Balaban J connectivity index is 2.15. The second kappa shape index (κ2) is 7.69. The molecule has 0 aliphatic heterocycles. The van der Waals surface area contributed by atoms with Crippen LogP contribution < -0.4 is 10.6 Å². The fraction of sp³-hybridized carbons (Fsp3) is 0.412. The molecule has 2 aromatic rings. The second-order valence-corrected chi connectivity index (χ2v) is 8.50. The minimum Gasteiger partial charge on any atom is -0.361 e. The van der Waals surface area contributed by atoms with Crippen molar-refractivity contribution < 1.29 is 18.0 Å². The van der Waals surface area contributed by atoms with Crippen LogP contribution in [-0.4, -0.2) is 49.3 Å². The van der Waals surface area contributed by atoms with E-state index in [1.165, 1.54) is 6.92 Å². The zero-order valence-electron chi connectivity index (χ0n) is 14.5. The highest BCUT2D eigenvalue weighted by atomic mass is 32.2. The summed E-state index contributed by atoms with van der Waals surface area (Å²) in [7, 11) is -3.20. The lowest BCUT2D eigenvalue weighted by Crippen LogP contribution is -2.50. The van der Waals surface area contributed by atoms with E-state index < -0.39 is 27.8 Å². The van der Waals surface area contributed by atoms with Gasteiger partial charge in [-0.15, -0.1) is 0 Å². The van der Waals surface area contributed by atoms with Gasteiger partial charge >= 0.3 is 0 Å². The Hall–Kier alpha value is -2.35. The van der Waals surface area contributed by atoms with Crippen LogP contribution in [0.5, 0.6) is 0 Å². The fourth-order valence-electron chi connectivity index (χ4n) is 2.81. The van der Waals surface area contributed by atoms with Gasteiger partial charge in [0.2, 0.25) is 11.8 Å². The molecule has 1 heterocycles. The van der Waals surface area contributed by atoms with E-state index >= 15 is 0 Å². The van der Waals surface area contributed by atoms with Crippen LogP contribution in [0.2, 0.25) is 0 Å². The van der Waals surface area contributed by atoms with Gasteiger partial charge in [0.25, 0.3) is 0 Å². The van der Waals surface area contributed by atoms with E-state index in [0.717, 1.165) is 22.7 Å². The number of rotatable bonds is 7. The third-order valence-electron chi connectivity index (χ3n) is 3.73. The molecule has 0 spiro atoms. The van der Waals surface area contributed by atoms with Gasteiger partial charge in [-0.05, 0) is 18.6 Å². The van der Waals surface area contributed by atoms with Crippen LogP contribution in [0, 0.1) is 0 Å². The molecule has 0 aliphatic rings. The summed E-state index contributed by atoms with van der Waals surface area (Å²) in [5, 5.41) is 6.28. The number of nitrogens with one attached hydrogen (secondary N) is 3. The molecule has 0 bridgehead atoms. The largest absolute Gasteiger partial charge is 0.361 e. The molecule has 25 heavy (non-hydrogen) atoms. The average Bonchev–Trinajstić information content (AvgIpc) is 2.87. The molecule has 136 valence electrons. The normalized spacial score (nSPS) is 14.0. The molecule has 8 heteroatoms. The van der Waals surface area contributed by atoms with Gasteiger partial charge in [-0.25, -0.2) is 8.42 Å². The molecule has 7 nitrogen and oxygen atoms in total.